The molecule has 0 atom stereocenters. The lowest BCUT2D eigenvalue weighted by Gasteiger charge is -2.13. The lowest BCUT2D eigenvalue weighted by molar-refractivity contribution is -0.136. The molecule has 1 aliphatic rings. The summed E-state index contributed by atoms with van der Waals surface area (Å²) < 4.78 is 38.7. The van der Waals surface area contributed by atoms with E-state index in [1.807, 2.05) is 32.0 Å². The Bertz CT molecular complexity index is 1330. The third-order valence-corrected chi connectivity index (χ3v) is 6.61. The van der Waals surface area contributed by atoms with Crippen molar-refractivity contribution in [3.8, 4) is 5.69 Å². The summed E-state index contributed by atoms with van der Waals surface area (Å²) >= 11 is 0. The number of hydrogen-bond donors (Lipinski definition) is 2. The Balaban J connectivity index is 1.60. The van der Waals surface area contributed by atoms with Gasteiger partial charge in [-0.05, 0) is 43.2 Å². The Labute approximate surface area is 184 Å². The molecule has 0 aliphatic carbocycles. The number of amides is 2. The highest BCUT2D eigenvalue weighted by Gasteiger charge is 2.34. The van der Waals surface area contributed by atoms with Crippen LogP contribution in [-0.2, 0) is 37.5 Å². The summed E-state index contributed by atoms with van der Waals surface area (Å²) in [6, 6.07) is 11.2. The summed E-state index contributed by atoms with van der Waals surface area (Å²) in [5.41, 5.74) is 3.95. The normalized spacial score (nSPS) is 14.1. The first kappa shape index (κ1) is 21.7. The van der Waals surface area contributed by atoms with Crippen LogP contribution < -0.4 is 10.6 Å². The molecule has 32 heavy (non-hydrogen) atoms. The molecule has 0 saturated carbocycles. The van der Waals surface area contributed by atoms with Crippen molar-refractivity contribution < 1.29 is 22.4 Å². The van der Waals surface area contributed by atoms with Crippen molar-refractivity contribution in [2.75, 3.05) is 5.32 Å². The van der Waals surface area contributed by atoms with E-state index in [2.05, 4.69) is 15.7 Å². The number of nitrogens with zero attached hydrogens (tertiary/aromatic N) is 2. The number of sulfone groups is 1. The number of halogens is 1. The summed E-state index contributed by atoms with van der Waals surface area (Å²) in [6.07, 6.45) is 0. The van der Waals surface area contributed by atoms with Crippen LogP contribution in [0.5, 0.6) is 0 Å². The second-order valence-electron chi connectivity index (χ2n) is 7.77. The number of fused-ring (bicyclic) bond motifs is 1. The Kier molecular flexibility index (Phi) is 5.55. The second-order valence-corrected chi connectivity index (χ2v) is 9.84. The number of aryl methyl sites for hydroxylation is 2. The molecule has 4 rings (SSSR count). The molecule has 0 saturated heterocycles. The Hall–Kier alpha value is -3.53. The van der Waals surface area contributed by atoms with Gasteiger partial charge in [-0.3, -0.25) is 9.59 Å². The minimum Gasteiger partial charge on any atom is -0.344 e. The van der Waals surface area contributed by atoms with Crippen LogP contribution in [0.15, 0.2) is 42.5 Å². The zero-order valence-corrected chi connectivity index (χ0v) is 18.3. The van der Waals surface area contributed by atoms with E-state index in [9.17, 15) is 22.4 Å². The van der Waals surface area contributed by atoms with Crippen LogP contribution in [0.2, 0.25) is 0 Å². The smallest absolute Gasteiger partial charge is 0.314 e. The van der Waals surface area contributed by atoms with Crippen LogP contribution >= 0.6 is 0 Å². The molecule has 0 unspecified atom stereocenters. The summed E-state index contributed by atoms with van der Waals surface area (Å²) in [5, 5.41) is 9.43. The Morgan fingerprint density at radius 1 is 1.06 bits per heavy atom. The van der Waals surface area contributed by atoms with E-state index in [-0.39, 0.29) is 23.9 Å². The summed E-state index contributed by atoms with van der Waals surface area (Å²) in [4.78, 5) is 24.9. The molecule has 2 N–H and O–H groups in total. The van der Waals surface area contributed by atoms with E-state index >= 15 is 0 Å². The molecule has 0 spiro atoms. The monoisotopic (exact) mass is 456 g/mol. The number of carbonyl (C=O) groups is 2. The van der Waals surface area contributed by atoms with Gasteiger partial charge >= 0.3 is 11.8 Å². The molecular weight excluding hydrogens is 435 g/mol. The molecule has 2 heterocycles. The maximum atomic E-state index is 13.0. The van der Waals surface area contributed by atoms with Crippen LogP contribution in [0.1, 0.15) is 27.9 Å². The quantitative estimate of drug-likeness (QED) is 0.586. The van der Waals surface area contributed by atoms with E-state index in [4.69, 9.17) is 0 Å². The van der Waals surface area contributed by atoms with Crippen molar-refractivity contribution in [1.82, 2.24) is 15.1 Å². The zero-order chi connectivity index (χ0) is 23.0. The van der Waals surface area contributed by atoms with Crippen LogP contribution in [-0.4, -0.2) is 30.0 Å². The molecule has 2 aromatic carbocycles. The Morgan fingerprint density at radius 3 is 2.47 bits per heavy atom. The largest absolute Gasteiger partial charge is 0.344 e. The molecule has 0 bridgehead atoms. The molecular formula is C22H21FN4O4S. The van der Waals surface area contributed by atoms with E-state index < -0.39 is 27.5 Å². The highest BCUT2D eigenvalue weighted by molar-refractivity contribution is 7.90. The average Bonchev–Trinajstić information content (AvgIpc) is 3.19. The molecule has 166 valence electrons. The standard InChI is InChI=1S/C22H21FN4O4S/c1-13-3-8-19(14(2)9-13)27-20(17-11-32(30,31)12-18(17)26-27)25-22(29)21(28)24-10-15-4-6-16(23)7-5-15/h3-9H,10-12H2,1-2H3,(H,24,28)(H,25,29). The van der Waals surface area contributed by atoms with E-state index in [1.165, 1.54) is 28.9 Å². The number of anilines is 1. The van der Waals surface area contributed by atoms with Crippen LogP contribution in [0, 0.1) is 19.7 Å². The molecule has 2 amide bonds. The number of carbonyl (C=O) groups excluding carboxylic acids is 2. The lowest BCUT2D eigenvalue weighted by Crippen LogP contribution is -2.35. The predicted octanol–water partition coefficient (Wildman–Crippen LogP) is 2.31. The number of aromatic nitrogens is 2. The van der Waals surface area contributed by atoms with Gasteiger partial charge in [0, 0.05) is 12.1 Å². The fourth-order valence-electron chi connectivity index (χ4n) is 3.62. The van der Waals surface area contributed by atoms with Gasteiger partial charge in [-0.1, -0.05) is 29.8 Å². The van der Waals surface area contributed by atoms with E-state index in [1.54, 1.807) is 0 Å². The maximum absolute atomic E-state index is 13.0. The van der Waals surface area contributed by atoms with Gasteiger partial charge in [-0.15, -0.1) is 0 Å². The van der Waals surface area contributed by atoms with E-state index in [0.717, 1.165) is 11.1 Å². The fraction of sp³-hybridized carbons (Fsp3) is 0.227. The van der Waals surface area contributed by atoms with E-state index in [0.29, 0.717) is 22.5 Å². The number of benzene rings is 2. The number of hydrogen-bond acceptors (Lipinski definition) is 5. The zero-order valence-electron chi connectivity index (χ0n) is 17.5. The summed E-state index contributed by atoms with van der Waals surface area (Å²) in [6.45, 7) is 3.86. The molecule has 1 aliphatic heterocycles. The van der Waals surface area contributed by atoms with Gasteiger partial charge in [0.2, 0.25) is 0 Å². The second kappa shape index (κ2) is 8.19. The first-order chi connectivity index (χ1) is 15.1. The van der Waals surface area contributed by atoms with Crippen LogP contribution in [0.25, 0.3) is 5.69 Å². The molecule has 10 heteroatoms. The molecule has 1 aromatic heterocycles. The third kappa shape index (κ3) is 4.40. The van der Waals surface area contributed by atoms with Gasteiger partial charge in [-0.25, -0.2) is 17.5 Å². The molecule has 3 aromatic rings. The van der Waals surface area contributed by atoms with Crippen molar-refractivity contribution in [1.29, 1.82) is 0 Å². The average molecular weight is 456 g/mol. The minimum absolute atomic E-state index is 0.0371. The van der Waals surface area contributed by atoms with Gasteiger partial charge in [0.05, 0.1) is 22.9 Å². The van der Waals surface area contributed by atoms with Gasteiger partial charge in [0.15, 0.2) is 9.84 Å². The van der Waals surface area contributed by atoms with Crippen molar-refractivity contribution in [2.45, 2.75) is 31.9 Å². The first-order valence-corrected chi connectivity index (χ1v) is 11.7. The van der Waals surface area contributed by atoms with Gasteiger partial charge in [0.1, 0.15) is 11.6 Å². The van der Waals surface area contributed by atoms with Gasteiger partial charge < -0.3 is 10.6 Å². The van der Waals surface area contributed by atoms with Crippen LogP contribution in [0.3, 0.4) is 0 Å². The van der Waals surface area contributed by atoms with Crippen molar-refractivity contribution >= 4 is 27.5 Å². The summed E-state index contributed by atoms with van der Waals surface area (Å²) in [7, 11) is -3.36. The van der Waals surface area contributed by atoms with Crippen molar-refractivity contribution in [3.63, 3.8) is 0 Å². The topological polar surface area (TPSA) is 110 Å². The molecule has 8 nitrogen and oxygen atoms in total. The SMILES string of the molecule is Cc1ccc(-n2nc3c(c2NC(=O)C(=O)NCc2ccc(F)cc2)CS(=O)(=O)C3)c(C)c1. The fourth-order valence-corrected chi connectivity index (χ4v) is 5.11. The predicted molar refractivity (Wildman–Crippen MR) is 116 cm³/mol. The summed E-state index contributed by atoms with van der Waals surface area (Å²) in [5.74, 6) is -2.58. The van der Waals surface area contributed by atoms with Crippen LogP contribution in [0.4, 0.5) is 10.2 Å². The maximum Gasteiger partial charge on any atom is 0.314 e. The first-order valence-electron chi connectivity index (χ1n) is 9.85. The van der Waals surface area contributed by atoms with Gasteiger partial charge in [0.25, 0.3) is 0 Å². The molecule has 0 radical (unpaired) electrons. The van der Waals surface area contributed by atoms with Gasteiger partial charge in [-0.2, -0.15) is 5.10 Å². The number of nitrogens with one attached hydrogen (secondary N) is 2. The minimum atomic E-state index is -3.36. The Morgan fingerprint density at radius 2 is 1.78 bits per heavy atom. The third-order valence-electron chi connectivity index (χ3n) is 5.17. The molecule has 0 fully saturated rings. The lowest BCUT2D eigenvalue weighted by atomic mass is 10.1. The number of rotatable bonds is 4. The van der Waals surface area contributed by atoms with Crippen molar-refractivity contribution in [3.05, 3.63) is 76.2 Å². The highest BCUT2D eigenvalue weighted by Crippen LogP contribution is 2.33. The van der Waals surface area contributed by atoms with Crippen molar-refractivity contribution in [2.24, 2.45) is 0 Å². The highest BCUT2D eigenvalue weighted by atomic mass is 32.2.